The lowest BCUT2D eigenvalue weighted by molar-refractivity contribution is -0.138. The molecule has 0 aromatic heterocycles. The van der Waals surface area contributed by atoms with Gasteiger partial charge in [-0.25, -0.2) is 0 Å². The summed E-state index contributed by atoms with van der Waals surface area (Å²) in [6.07, 6.45) is 0.00386. The van der Waals surface area contributed by atoms with Crippen molar-refractivity contribution in [2.24, 2.45) is 0 Å². The summed E-state index contributed by atoms with van der Waals surface area (Å²) in [6.45, 7) is 0.538. The summed E-state index contributed by atoms with van der Waals surface area (Å²) in [5, 5.41) is 8.92. The Morgan fingerprint density at radius 1 is 1.50 bits per heavy atom. The van der Waals surface area contributed by atoms with Crippen LogP contribution < -0.4 is 4.74 Å². The Bertz CT molecular complexity index is 365. The van der Waals surface area contributed by atoms with Crippen molar-refractivity contribution in [3.63, 3.8) is 0 Å². The number of ether oxygens (including phenoxy) is 2. The number of carboxylic acid groups (broad SMARTS) is 1. The molecule has 0 atom stereocenters. The zero-order chi connectivity index (χ0) is 12.0. The average Bonchev–Trinajstić information content (AvgIpc) is 2.24. The fourth-order valence-corrected chi connectivity index (χ4v) is 1.43. The molecule has 5 heteroatoms. The van der Waals surface area contributed by atoms with Crippen LogP contribution in [0.1, 0.15) is 12.0 Å². The van der Waals surface area contributed by atoms with Crippen LogP contribution in [0.15, 0.2) is 18.2 Å². The van der Waals surface area contributed by atoms with Crippen LogP contribution in [0.4, 0.5) is 0 Å². The molecule has 0 saturated heterocycles. The molecule has 88 valence electrons. The molecule has 0 heterocycles. The van der Waals surface area contributed by atoms with Crippen molar-refractivity contribution < 1.29 is 19.4 Å². The smallest absolute Gasteiger partial charge is 0.305 e. The van der Waals surface area contributed by atoms with E-state index in [1.807, 2.05) is 6.07 Å². The molecule has 0 spiro atoms. The molecule has 1 aromatic carbocycles. The van der Waals surface area contributed by atoms with Gasteiger partial charge >= 0.3 is 5.97 Å². The number of rotatable bonds is 6. The molecule has 1 N–H and O–H groups in total. The highest BCUT2D eigenvalue weighted by molar-refractivity contribution is 6.32. The zero-order valence-corrected chi connectivity index (χ0v) is 9.66. The Hall–Kier alpha value is -1.26. The van der Waals surface area contributed by atoms with Gasteiger partial charge in [0, 0.05) is 0 Å². The second-order valence-electron chi connectivity index (χ2n) is 3.17. The minimum absolute atomic E-state index is 0.00386. The van der Waals surface area contributed by atoms with E-state index in [2.05, 4.69) is 0 Å². The number of aliphatic carboxylic acids is 1. The maximum Gasteiger partial charge on any atom is 0.305 e. The SMILES string of the molecule is COc1ccc(COCCC(=O)O)cc1Cl. The van der Waals surface area contributed by atoms with Crippen molar-refractivity contribution in [1.29, 1.82) is 0 Å². The van der Waals surface area contributed by atoms with Crippen LogP contribution in [0.2, 0.25) is 5.02 Å². The van der Waals surface area contributed by atoms with E-state index in [4.69, 9.17) is 26.2 Å². The van der Waals surface area contributed by atoms with E-state index in [1.165, 1.54) is 0 Å². The summed E-state index contributed by atoms with van der Waals surface area (Å²) >= 11 is 5.92. The number of halogens is 1. The van der Waals surface area contributed by atoms with Gasteiger partial charge in [0.05, 0.1) is 31.8 Å². The predicted octanol–water partition coefficient (Wildman–Crippen LogP) is 2.34. The van der Waals surface area contributed by atoms with Crippen molar-refractivity contribution in [2.75, 3.05) is 13.7 Å². The summed E-state index contributed by atoms with van der Waals surface area (Å²) in [5.41, 5.74) is 0.885. The van der Waals surface area contributed by atoms with Gasteiger partial charge in [0.2, 0.25) is 0 Å². The molecule has 0 saturated carbocycles. The van der Waals surface area contributed by atoms with Gasteiger partial charge in [-0.1, -0.05) is 17.7 Å². The summed E-state index contributed by atoms with van der Waals surface area (Å²) in [4.78, 5) is 10.2. The van der Waals surface area contributed by atoms with Crippen LogP contribution >= 0.6 is 11.6 Å². The third-order valence-electron chi connectivity index (χ3n) is 1.95. The minimum Gasteiger partial charge on any atom is -0.495 e. The predicted molar refractivity (Wildman–Crippen MR) is 59.9 cm³/mol. The number of carboxylic acids is 1. The maximum atomic E-state index is 10.2. The van der Waals surface area contributed by atoms with E-state index in [9.17, 15) is 4.79 Å². The first-order valence-electron chi connectivity index (χ1n) is 4.75. The van der Waals surface area contributed by atoms with Crippen LogP contribution in [0, 0.1) is 0 Å². The monoisotopic (exact) mass is 244 g/mol. The number of hydrogen-bond donors (Lipinski definition) is 1. The topological polar surface area (TPSA) is 55.8 Å². The molecule has 0 amide bonds. The van der Waals surface area contributed by atoms with Crippen molar-refractivity contribution >= 4 is 17.6 Å². The molecule has 0 aliphatic heterocycles. The minimum atomic E-state index is -0.868. The Labute approximate surface area is 98.7 Å². The quantitative estimate of drug-likeness (QED) is 0.781. The lowest BCUT2D eigenvalue weighted by atomic mass is 10.2. The fourth-order valence-electron chi connectivity index (χ4n) is 1.15. The molecule has 0 aliphatic rings. The molecule has 1 rings (SSSR count). The van der Waals surface area contributed by atoms with Gasteiger partial charge in [-0.3, -0.25) is 4.79 Å². The Morgan fingerprint density at radius 3 is 2.81 bits per heavy atom. The largest absolute Gasteiger partial charge is 0.495 e. The maximum absolute atomic E-state index is 10.2. The number of hydrogen-bond acceptors (Lipinski definition) is 3. The van der Waals surface area contributed by atoms with Crippen molar-refractivity contribution in [2.45, 2.75) is 13.0 Å². The third kappa shape index (κ3) is 4.08. The second-order valence-corrected chi connectivity index (χ2v) is 3.57. The van der Waals surface area contributed by atoms with Crippen LogP contribution in [-0.4, -0.2) is 24.8 Å². The zero-order valence-electron chi connectivity index (χ0n) is 8.90. The van der Waals surface area contributed by atoms with Gasteiger partial charge in [-0.15, -0.1) is 0 Å². The van der Waals surface area contributed by atoms with E-state index in [-0.39, 0.29) is 13.0 Å². The van der Waals surface area contributed by atoms with E-state index in [0.29, 0.717) is 17.4 Å². The Balaban J connectivity index is 2.43. The first kappa shape index (κ1) is 12.8. The molecule has 0 aliphatic carbocycles. The molecule has 0 bridgehead atoms. The molecule has 0 radical (unpaired) electrons. The highest BCUT2D eigenvalue weighted by Gasteiger charge is 2.02. The average molecular weight is 245 g/mol. The second kappa shape index (κ2) is 6.35. The number of benzene rings is 1. The lowest BCUT2D eigenvalue weighted by Gasteiger charge is -2.06. The number of methoxy groups -OCH3 is 1. The van der Waals surface area contributed by atoms with Crippen LogP contribution in [0.5, 0.6) is 5.75 Å². The molecule has 1 aromatic rings. The van der Waals surface area contributed by atoms with Gasteiger partial charge in [-0.05, 0) is 17.7 Å². The van der Waals surface area contributed by atoms with Gasteiger partial charge in [0.15, 0.2) is 0 Å². The van der Waals surface area contributed by atoms with E-state index in [0.717, 1.165) is 5.56 Å². The summed E-state index contributed by atoms with van der Waals surface area (Å²) < 4.78 is 10.2. The van der Waals surface area contributed by atoms with Crippen molar-refractivity contribution in [3.05, 3.63) is 28.8 Å². The summed E-state index contributed by atoms with van der Waals surface area (Å²) in [7, 11) is 1.55. The first-order valence-corrected chi connectivity index (χ1v) is 5.13. The highest BCUT2D eigenvalue weighted by atomic mass is 35.5. The van der Waals surface area contributed by atoms with Gasteiger partial charge in [0.1, 0.15) is 5.75 Å². The van der Waals surface area contributed by atoms with Gasteiger partial charge in [-0.2, -0.15) is 0 Å². The Morgan fingerprint density at radius 2 is 2.25 bits per heavy atom. The fraction of sp³-hybridized carbons (Fsp3) is 0.364. The van der Waals surface area contributed by atoms with Gasteiger partial charge in [0.25, 0.3) is 0 Å². The molecule has 16 heavy (non-hydrogen) atoms. The van der Waals surface area contributed by atoms with E-state index >= 15 is 0 Å². The first-order chi connectivity index (χ1) is 7.63. The summed E-state index contributed by atoms with van der Waals surface area (Å²) in [5.74, 6) is -0.260. The van der Waals surface area contributed by atoms with Crippen molar-refractivity contribution in [3.8, 4) is 5.75 Å². The van der Waals surface area contributed by atoms with E-state index in [1.54, 1.807) is 19.2 Å². The normalized spacial score (nSPS) is 10.1. The van der Waals surface area contributed by atoms with Crippen LogP contribution in [0.25, 0.3) is 0 Å². The molecule has 4 nitrogen and oxygen atoms in total. The molecule has 0 fully saturated rings. The van der Waals surface area contributed by atoms with E-state index < -0.39 is 5.97 Å². The van der Waals surface area contributed by atoms with Crippen LogP contribution in [-0.2, 0) is 16.1 Å². The Kier molecular flexibility index (Phi) is 5.08. The standard InChI is InChI=1S/C11H13ClO4/c1-15-10-3-2-8(6-9(10)12)7-16-5-4-11(13)14/h2-3,6H,4-5,7H2,1H3,(H,13,14). The molecular weight excluding hydrogens is 232 g/mol. The molecule has 0 unspecified atom stereocenters. The molecular formula is C11H13ClO4. The third-order valence-corrected chi connectivity index (χ3v) is 2.24. The lowest BCUT2D eigenvalue weighted by Crippen LogP contribution is -2.02. The summed E-state index contributed by atoms with van der Waals surface area (Å²) in [6, 6.07) is 5.31. The van der Waals surface area contributed by atoms with Crippen LogP contribution in [0.3, 0.4) is 0 Å². The van der Waals surface area contributed by atoms with Crippen molar-refractivity contribution in [1.82, 2.24) is 0 Å². The number of carbonyl (C=O) groups is 1. The van der Waals surface area contributed by atoms with Gasteiger partial charge < -0.3 is 14.6 Å². The highest BCUT2D eigenvalue weighted by Crippen LogP contribution is 2.25.